The van der Waals surface area contributed by atoms with Crippen molar-refractivity contribution in [3.8, 4) is 0 Å². The molecule has 19 heavy (non-hydrogen) atoms. The minimum absolute atomic E-state index is 0.0160. The summed E-state index contributed by atoms with van der Waals surface area (Å²) >= 11 is 1.47. The average molecular weight is 278 g/mol. The van der Waals surface area contributed by atoms with Crippen molar-refractivity contribution < 1.29 is 9.90 Å². The van der Waals surface area contributed by atoms with Crippen molar-refractivity contribution in [2.24, 2.45) is 0 Å². The number of piperidine rings is 1. The highest BCUT2D eigenvalue weighted by Crippen LogP contribution is 2.20. The van der Waals surface area contributed by atoms with Gasteiger partial charge in [-0.15, -0.1) is 11.3 Å². The lowest BCUT2D eigenvalue weighted by Crippen LogP contribution is -2.44. The number of aliphatic hydroxyl groups is 1. The predicted molar refractivity (Wildman–Crippen MR) is 70.5 cm³/mol. The molecule has 1 amide bonds. The summed E-state index contributed by atoms with van der Waals surface area (Å²) in [5.74, 6) is 0.0160. The van der Waals surface area contributed by atoms with Gasteiger partial charge in [0.15, 0.2) is 0 Å². The van der Waals surface area contributed by atoms with Crippen LogP contribution in [0.4, 0.5) is 0 Å². The summed E-state index contributed by atoms with van der Waals surface area (Å²) in [4.78, 5) is 26.8. The average Bonchev–Trinajstić information content (AvgIpc) is 2.87. The summed E-state index contributed by atoms with van der Waals surface area (Å²) in [5.41, 5.74) is 3.37. The monoisotopic (exact) mass is 278 g/mol. The fourth-order valence-corrected chi connectivity index (χ4v) is 2.97. The van der Waals surface area contributed by atoms with Gasteiger partial charge >= 0.3 is 0 Å². The molecule has 2 aromatic rings. The molecular weight excluding hydrogens is 264 g/mol. The first kappa shape index (κ1) is 12.4. The van der Waals surface area contributed by atoms with Crippen LogP contribution >= 0.6 is 11.3 Å². The number of likely N-dealkylation sites (tertiary alicyclic amines) is 1. The second-order valence-corrected chi connectivity index (χ2v) is 5.37. The van der Waals surface area contributed by atoms with Gasteiger partial charge in [0, 0.05) is 19.4 Å². The zero-order valence-electron chi connectivity index (χ0n) is 10.3. The molecule has 1 N–H and O–H groups in total. The highest BCUT2D eigenvalue weighted by atomic mass is 32.1. The van der Waals surface area contributed by atoms with E-state index in [2.05, 4.69) is 15.0 Å². The highest BCUT2D eigenvalue weighted by molar-refractivity contribution is 7.16. The Kier molecular flexibility index (Phi) is 3.39. The van der Waals surface area contributed by atoms with Gasteiger partial charge in [-0.1, -0.05) is 0 Å². The Morgan fingerprint density at radius 2 is 2.32 bits per heavy atom. The van der Waals surface area contributed by atoms with Gasteiger partial charge in [0.05, 0.1) is 11.2 Å². The molecule has 0 aliphatic carbocycles. The molecule has 3 heterocycles. The third-order valence-corrected chi connectivity index (χ3v) is 4.07. The summed E-state index contributed by atoms with van der Waals surface area (Å²) in [6.07, 6.45) is 3.39. The largest absolute Gasteiger partial charge is 0.374 e. The second-order valence-electron chi connectivity index (χ2n) is 4.54. The van der Waals surface area contributed by atoms with Crippen molar-refractivity contribution in [2.45, 2.75) is 31.9 Å². The van der Waals surface area contributed by atoms with E-state index in [1.165, 1.54) is 22.6 Å². The second kappa shape index (κ2) is 5.18. The van der Waals surface area contributed by atoms with E-state index < -0.39 is 6.23 Å². The molecule has 1 atom stereocenters. The number of carbonyl (C=O) groups excluding carboxylic acids is 1. The number of thiazole rings is 1. The van der Waals surface area contributed by atoms with Crippen LogP contribution in [-0.2, 0) is 11.2 Å². The van der Waals surface area contributed by atoms with Gasteiger partial charge < -0.3 is 10.0 Å². The van der Waals surface area contributed by atoms with Crippen molar-refractivity contribution in [3.63, 3.8) is 0 Å². The maximum Gasteiger partial charge on any atom is 0.224 e. The Morgan fingerprint density at radius 3 is 3.16 bits per heavy atom. The first-order valence-corrected chi connectivity index (χ1v) is 7.14. The van der Waals surface area contributed by atoms with Crippen LogP contribution in [0.2, 0.25) is 0 Å². The molecule has 1 fully saturated rings. The van der Waals surface area contributed by atoms with Crippen molar-refractivity contribution >= 4 is 27.6 Å². The molecule has 2 aromatic heterocycles. The van der Waals surface area contributed by atoms with Gasteiger partial charge in [0.25, 0.3) is 0 Å². The Labute approximate surface area is 114 Å². The Morgan fingerprint density at radius 1 is 1.42 bits per heavy atom. The predicted octanol–water partition coefficient (Wildman–Crippen LogP) is 0.960. The van der Waals surface area contributed by atoms with Gasteiger partial charge in [-0.05, 0) is 12.8 Å². The van der Waals surface area contributed by atoms with Crippen LogP contribution < -0.4 is 0 Å². The van der Waals surface area contributed by atoms with Crippen LogP contribution in [0.1, 0.15) is 25.0 Å². The minimum atomic E-state index is -0.658. The zero-order valence-corrected chi connectivity index (χ0v) is 11.1. The summed E-state index contributed by atoms with van der Waals surface area (Å²) in [6, 6.07) is 0. The minimum Gasteiger partial charge on any atom is -0.374 e. The molecule has 0 aromatic carbocycles. The Balaban J connectivity index is 1.75. The van der Waals surface area contributed by atoms with Crippen molar-refractivity contribution in [1.29, 1.82) is 0 Å². The van der Waals surface area contributed by atoms with Crippen LogP contribution in [0.15, 0.2) is 11.8 Å². The van der Waals surface area contributed by atoms with E-state index in [4.69, 9.17) is 0 Å². The first-order valence-electron chi connectivity index (χ1n) is 6.26. The van der Waals surface area contributed by atoms with Gasteiger partial charge in [0.2, 0.25) is 5.91 Å². The van der Waals surface area contributed by atoms with E-state index >= 15 is 0 Å². The molecule has 0 saturated carbocycles. The molecular formula is C12H14N4O2S. The molecule has 7 heteroatoms. The number of nitrogens with zero attached hydrogens (tertiary/aromatic N) is 4. The van der Waals surface area contributed by atoms with E-state index in [0.717, 1.165) is 22.5 Å². The normalized spacial score (nSPS) is 20.2. The van der Waals surface area contributed by atoms with Crippen molar-refractivity contribution in [2.75, 3.05) is 6.54 Å². The van der Waals surface area contributed by atoms with Crippen LogP contribution in [0.3, 0.4) is 0 Å². The number of hydrogen-bond donors (Lipinski definition) is 1. The number of carbonyl (C=O) groups is 1. The highest BCUT2D eigenvalue weighted by Gasteiger charge is 2.26. The fourth-order valence-electron chi connectivity index (χ4n) is 2.33. The first-order chi connectivity index (χ1) is 9.25. The molecule has 1 unspecified atom stereocenters. The van der Waals surface area contributed by atoms with E-state index in [1.807, 2.05) is 0 Å². The maximum absolute atomic E-state index is 11.8. The number of amides is 1. The summed E-state index contributed by atoms with van der Waals surface area (Å²) in [5, 5.41) is 9.85. The lowest BCUT2D eigenvalue weighted by atomic mass is 10.1. The fraction of sp³-hybridized carbons (Fsp3) is 0.500. The molecule has 0 bridgehead atoms. The molecule has 1 aliphatic heterocycles. The maximum atomic E-state index is 11.8. The van der Waals surface area contributed by atoms with E-state index in [1.54, 1.807) is 5.51 Å². The van der Waals surface area contributed by atoms with Crippen LogP contribution in [0, 0.1) is 0 Å². The Bertz CT molecular complexity index is 600. The molecule has 6 nitrogen and oxygen atoms in total. The molecule has 100 valence electrons. The van der Waals surface area contributed by atoms with Gasteiger partial charge in [-0.3, -0.25) is 4.79 Å². The quantitative estimate of drug-likeness (QED) is 0.904. The van der Waals surface area contributed by atoms with Crippen LogP contribution in [-0.4, -0.2) is 43.6 Å². The smallest absolute Gasteiger partial charge is 0.224 e. The van der Waals surface area contributed by atoms with E-state index in [-0.39, 0.29) is 5.91 Å². The summed E-state index contributed by atoms with van der Waals surface area (Å²) in [6.45, 7) is 0.476. The number of aromatic nitrogens is 3. The number of rotatable bonds is 3. The molecule has 1 aliphatic rings. The van der Waals surface area contributed by atoms with Crippen LogP contribution in [0.5, 0.6) is 0 Å². The van der Waals surface area contributed by atoms with Gasteiger partial charge in [-0.25, -0.2) is 15.0 Å². The van der Waals surface area contributed by atoms with Gasteiger partial charge in [0.1, 0.15) is 22.9 Å². The standard InChI is InChI=1S/C12H14N4O2S/c17-9-2-1-3-10(18)16(9)5-4-8-11-12(14-6-13-8)19-7-15-11/h6-7,9,17H,1-5H2. The van der Waals surface area contributed by atoms with Crippen molar-refractivity contribution in [1.82, 2.24) is 19.9 Å². The van der Waals surface area contributed by atoms with E-state index in [9.17, 15) is 9.90 Å². The van der Waals surface area contributed by atoms with E-state index in [0.29, 0.717) is 25.8 Å². The Hall–Kier alpha value is -1.60. The lowest BCUT2D eigenvalue weighted by Gasteiger charge is -2.31. The lowest BCUT2D eigenvalue weighted by molar-refractivity contribution is -0.146. The van der Waals surface area contributed by atoms with Crippen LogP contribution in [0.25, 0.3) is 10.3 Å². The molecule has 0 spiro atoms. The molecule has 3 rings (SSSR count). The SMILES string of the molecule is O=C1CCCC(O)N1CCc1ncnc2scnc12. The third kappa shape index (κ3) is 2.43. The van der Waals surface area contributed by atoms with Gasteiger partial charge in [-0.2, -0.15) is 0 Å². The summed E-state index contributed by atoms with van der Waals surface area (Å²) in [7, 11) is 0. The number of fused-ring (bicyclic) bond motifs is 1. The topological polar surface area (TPSA) is 79.2 Å². The summed E-state index contributed by atoms with van der Waals surface area (Å²) < 4.78 is 0. The zero-order chi connectivity index (χ0) is 13.2. The number of hydrogen-bond acceptors (Lipinski definition) is 6. The molecule has 0 radical (unpaired) electrons. The number of aliphatic hydroxyl groups excluding tert-OH is 1. The molecule has 1 saturated heterocycles. The van der Waals surface area contributed by atoms with Crippen molar-refractivity contribution in [3.05, 3.63) is 17.5 Å². The third-order valence-electron chi connectivity index (χ3n) is 3.33.